The summed E-state index contributed by atoms with van der Waals surface area (Å²) in [5, 5.41) is -0.221. The van der Waals surface area contributed by atoms with Gasteiger partial charge in [0.2, 0.25) is 0 Å². The molecule has 1 aromatic carbocycles. The largest absolute Gasteiger partial charge is 0.368 e. The molecule has 2 aromatic rings. The van der Waals surface area contributed by atoms with E-state index in [2.05, 4.69) is 4.98 Å². The van der Waals surface area contributed by atoms with E-state index < -0.39 is 29.1 Å². The Morgan fingerprint density at radius 2 is 1.96 bits per heavy atom. The van der Waals surface area contributed by atoms with E-state index in [0.29, 0.717) is 32.4 Å². The standard InChI is InChI=1S/C18H21F3N4O2/c1-8(22)9-4-5-24(7-9)15-12(19)6-11-14(13(15)16(20)21)25(10-2-3-10)18(27)23-17(11)26/h6,8-10,16H,2-5,7,22H2,1H3,(H,23,26,27)/t8-,9+/m0/s1. The Bertz CT molecular complexity index is 1010. The monoisotopic (exact) mass is 382 g/mol. The van der Waals surface area contributed by atoms with Gasteiger partial charge in [0.25, 0.3) is 12.0 Å². The summed E-state index contributed by atoms with van der Waals surface area (Å²) in [5.41, 5.74) is 3.38. The van der Waals surface area contributed by atoms with E-state index in [0.717, 1.165) is 6.07 Å². The molecule has 0 amide bonds. The van der Waals surface area contributed by atoms with Gasteiger partial charge in [-0.25, -0.2) is 18.0 Å². The highest BCUT2D eigenvalue weighted by Gasteiger charge is 2.35. The minimum absolute atomic E-state index is 0.0652. The van der Waals surface area contributed by atoms with Crippen molar-refractivity contribution in [3.05, 3.63) is 38.3 Å². The number of nitrogens with two attached hydrogens (primary N) is 1. The molecule has 0 bridgehead atoms. The van der Waals surface area contributed by atoms with Gasteiger partial charge in [0.1, 0.15) is 5.82 Å². The van der Waals surface area contributed by atoms with Crippen LogP contribution in [0.2, 0.25) is 0 Å². The Morgan fingerprint density at radius 3 is 2.52 bits per heavy atom. The van der Waals surface area contributed by atoms with Crippen LogP contribution >= 0.6 is 0 Å². The fraction of sp³-hybridized carbons (Fsp3) is 0.556. The predicted octanol–water partition coefficient (Wildman–Crippen LogP) is 2.27. The van der Waals surface area contributed by atoms with Crippen LogP contribution in [0.5, 0.6) is 0 Å². The first-order valence-electron chi connectivity index (χ1n) is 9.09. The van der Waals surface area contributed by atoms with E-state index in [1.807, 2.05) is 6.92 Å². The second-order valence-electron chi connectivity index (χ2n) is 7.53. The second-order valence-corrected chi connectivity index (χ2v) is 7.53. The second kappa shape index (κ2) is 6.40. The summed E-state index contributed by atoms with van der Waals surface area (Å²) in [4.78, 5) is 28.2. The number of halogens is 3. The first kappa shape index (κ1) is 18.1. The molecule has 2 heterocycles. The van der Waals surface area contributed by atoms with Crippen LogP contribution in [0.4, 0.5) is 18.9 Å². The van der Waals surface area contributed by atoms with Gasteiger partial charge in [0.05, 0.1) is 22.2 Å². The lowest BCUT2D eigenvalue weighted by Crippen LogP contribution is -2.33. The van der Waals surface area contributed by atoms with Gasteiger partial charge in [0, 0.05) is 25.2 Å². The zero-order chi connectivity index (χ0) is 19.5. The third-order valence-corrected chi connectivity index (χ3v) is 5.60. The highest BCUT2D eigenvalue weighted by Crippen LogP contribution is 2.43. The van der Waals surface area contributed by atoms with Crippen LogP contribution in [-0.2, 0) is 0 Å². The quantitative estimate of drug-likeness (QED) is 0.850. The van der Waals surface area contributed by atoms with E-state index in [4.69, 9.17) is 5.73 Å². The number of nitrogens with zero attached hydrogens (tertiary/aromatic N) is 2. The Labute approximate surface area is 152 Å². The van der Waals surface area contributed by atoms with Gasteiger partial charge in [-0.15, -0.1) is 0 Å². The average Bonchev–Trinajstić information content (AvgIpc) is 3.29. The van der Waals surface area contributed by atoms with Gasteiger partial charge >= 0.3 is 5.69 Å². The highest BCUT2D eigenvalue weighted by atomic mass is 19.3. The molecule has 6 nitrogen and oxygen atoms in total. The van der Waals surface area contributed by atoms with Crippen LogP contribution in [0.3, 0.4) is 0 Å². The molecule has 4 rings (SSSR count). The fourth-order valence-corrected chi connectivity index (χ4v) is 4.04. The molecule has 1 aromatic heterocycles. The van der Waals surface area contributed by atoms with Gasteiger partial charge in [-0.2, -0.15) is 0 Å². The Morgan fingerprint density at radius 1 is 1.26 bits per heavy atom. The Kier molecular flexibility index (Phi) is 4.29. The summed E-state index contributed by atoms with van der Waals surface area (Å²) in [5.74, 6) is -0.815. The maximum absolute atomic E-state index is 14.9. The number of fused-ring (bicyclic) bond motifs is 1. The molecule has 1 saturated carbocycles. The number of hydrogen-bond donors (Lipinski definition) is 2. The molecule has 27 heavy (non-hydrogen) atoms. The van der Waals surface area contributed by atoms with Gasteiger partial charge in [-0.1, -0.05) is 0 Å². The van der Waals surface area contributed by atoms with Crippen molar-refractivity contribution >= 4 is 16.6 Å². The van der Waals surface area contributed by atoms with E-state index >= 15 is 0 Å². The lowest BCUT2D eigenvalue weighted by atomic mass is 10.0. The molecule has 2 atom stereocenters. The van der Waals surface area contributed by atoms with E-state index in [-0.39, 0.29) is 34.6 Å². The number of rotatable bonds is 4. The number of aromatic nitrogens is 2. The zero-order valence-corrected chi connectivity index (χ0v) is 14.8. The molecular formula is C18H21F3N4O2. The first-order valence-corrected chi connectivity index (χ1v) is 9.09. The average molecular weight is 382 g/mol. The van der Waals surface area contributed by atoms with Crippen molar-refractivity contribution < 1.29 is 13.2 Å². The molecular weight excluding hydrogens is 361 g/mol. The van der Waals surface area contributed by atoms with Crippen LogP contribution in [-0.4, -0.2) is 28.7 Å². The van der Waals surface area contributed by atoms with Gasteiger partial charge in [-0.3, -0.25) is 14.3 Å². The minimum atomic E-state index is -3.03. The van der Waals surface area contributed by atoms with Gasteiger partial charge < -0.3 is 10.6 Å². The van der Waals surface area contributed by atoms with E-state index in [9.17, 15) is 22.8 Å². The lowest BCUT2D eigenvalue weighted by molar-refractivity contribution is 0.152. The number of H-pyrrole nitrogens is 1. The number of anilines is 1. The SMILES string of the molecule is C[C@H](N)[C@@H]1CCN(c2c(F)cc3c(=O)[nH]c(=O)n(C4CC4)c3c2C(F)F)C1. The predicted molar refractivity (Wildman–Crippen MR) is 96.0 cm³/mol. The molecule has 0 radical (unpaired) electrons. The zero-order valence-electron chi connectivity index (χ0n) is 14.8. The molecule has 0 unspecified atom stereocenters. The summed E-state index contributed by atoms with van der Waals surface area (Å²) < 4.78 is 44.4. The molecule has 2 fully saturated rings. The molecule has 1 aliphatic carbocycles. The number of aromatic amines is 1. The lowest BCUT2D eigenvalue weighted by Gasteiger charge is -2.25. The molecule has 2 aliphatic rings. The summed E-state index contributed by atoms with van der Waals surface area (Å²) in [6.45, 7) is 2.59. The number of hydrogen-bond acceptors (Lipinski definition) is 4. The normalized spacial score (nSPS) is 21.4. The molecule has 3 N–H and O–H groups in total. The third kappa shape index (κ3) is 2.93. The number of benzene rings is 1. The molecule has 9 heteroatoms. The summed E-state index contributed by atoms with van der Waals surface area (Å²) >= 11 is 0. The van der Waals surface area contributed by atoms with E-state index in [1.54, 1.807) is 4.90 Å². The molecule has 1 aliphatic heterocycles. The van der Waals surface area contributed by atoms with Gasteiger partial charge in [0.15, 0.2) is 0 Å². The first-order chi connectivity index (χ1) is 12.8. The molecule has 146 valence electrons. The Hall–Kier alpha value is -2.29. The summed E-state index contributed by atoms with van der Waals surface area (Å²) in [6, 6.07) is 0.580. The molecule has 1 saturated heterocycles. The van der Waals surface area contributed by atoms with Crippen molar-refractivity contribution in [2.75, 3.05) is 18.0 Å². The van der Waals surface area contributed by atoms with Gasteiger partial charge in [-0.05, 0) is 38.2 Å². The number of alkyl halides is 2. The fourth-order valence-electron chi connectivity index (χ4n) is 4.04. The van der Waals surface area contributed by atoms with Crippen LogP contribution in [0.25, 0.3) is 10.9 Å². The summed E-state index contributed by atoms with van der Waals surface area (Å²) in [7, 11) is 0. The van der Waals surface area contributed by atoms with Crippen LogP contribution < -0.4 is 21.9 Å². The maximum atomic E-state index is 14.9. The summed E-state index contributed by atoms with van der Waals surface area (Å²) in [6.07, 6.45) is -1.04. The minimum Gasteiger partial charge on any atom is -0.368 e. The van der Waals surface area contributed by atoms with Crippen molar-refractivity contribution in [2.45, 2.75) is 44.7 Å². The van der Waals surface area contributed by atoms with Crippen molar-refractivity contribution in [2.24, 2.45) is 11.7 Å². The van der Waals surface area contributed by atoms with Crippen molar-refractivity contribution in [3.63, 3.8) is 0 Å². The van der Waals surface area contributed by atoms with Crippen molar-refractivity contribution in [3.8, 4) is 0 Å². The maximum Gasteiger partial charge on any atom is 0.329 e. The number of nitrogens with one attached hydrogen (secondary N) is 1. The van der Waals surface area contributed by atoms with Crippen molar-refractivity contribution in [1.82, 2.24) is 9.55 Å². The van der Waals surface area contributed by atoms with Crippen LogP contribution in [0, 0.1) is 11.7 Å². The third-order valence-electron chi connectivity index (χ3n) is 5.60. The van der Waals surface area contributed by atoms with Crippen molar-refractivity contribution in [1.29, 1.82) is 0 Å². The molecule has 0 spiro atoms. The van der Waals surface area contributed by atoms with Crippen LogP contribution in [0.15, 0.2) is 15.7 Å². The Balaban J connectivity index is 2.01. The van der Waals surface area contributed by atoms with Crippen LogP contribution in [0.1, 0.15) is 44.2 Å². The topological polar surface area (TPSA) is 84.1 Å². The van der Waals surface area contributed by atoms with E-state index in [1.165, 1.54) is 4.57 Å². The highest BCUT2D eigenvalue weighted by molar-refractivity contribution is 5.88. The smallest absolute Gasteiger partial charge is 0.329 e.